The van der Waals surface area contributed by atoms with Crippen LogP contribution in [0.3, 0.4) is 0 Å². The van der Waals surface area contributed by atoms with Crippen molar-refractivity contribution in [3.05, 3.63) is 75.7 Å². The van der Waals surface area contributed by atoms with Gasteiger partial charge in [0.05, 0.1) is 11.1 Å². The van der Waals surface area contributed by atoms with Crippen molar-refractivity contribution in [2.75, 3.05) is 5.32 Å². The smallest absolute Gasteiger partial charge is 0.272 e. The molecule has 0 bridgehead atoms. The Balaban J connectivity index is 2.13. The first kappa shape index (κ1) is 18.6. The van der Waals surface area contributed by atoms with Gasteiger partial charge in [-0.25, -0.2) is 17.6 Å². The minimum absolute atomic E-state index is 0.0379. The van der Waals surface area contributed by atoms with Crippen molar-refractivity contribution in [1.29, 1.82) is 0 Å². The van der Waals surface area contributed by atoms with E-state index in [0.717, 1.165) is 28.8 Å². The lowest BCUT2D eigenvalue weighted by atomic mass is 10.1. The van der Waals surface area contributed by atoms with E-state index < -0.39 is 34.7 Å². The quantitative estimate of drug-likeness (QED) is 0.691. The Morgan fingerprint density at radius 1 is 1.00 bits per heavy atom. The number of fused-ring (bicyclic) bond motifs is 1. The average molecular weight is 378 g/mol. The van der Waals surface area contributed by atoms with Gasteiger partial charge in [-0.3, -0.25) is 9.59 Å². The minimum atomic E-state index is -1.17. The first-order valence-corrected chi connectivity index (χ1v) is 8.10. The second-order valence-electron chi connectivity index (χ2n) is 5.92. The van der Waals surface area contributed by atoms with Crippen molar-refractivity contribution in [1.82, 2.24) is 4.57 Å². The monoisotopic (exact) mass is 378 g/mol. The van der Waals surface area contributed by atoms with Gasteiger partial charge in [-0.15, -0.1) is 0 Å². The molecule has 0 saturated heterocycles. The van der Waals surface area contributed by atoms with Crippen LogP contribution < -0.4 is 10.9 Å². The predicted octanol–water partition coefficient (Wildman–Crippen LogP) is 4.22. The molecule has 4 nitrogen and oxygen atoms in total. The van der Waals surface area contributed by atoms with Gasteiger partial charge >= 0.3 is 0 Å². The first-order valence-electron chi connectivity index (χ1n) is 8.10. The highest BCUT2D eigenvalue weighted by molar-refractivity contribution is 6.05. The van der Waals surface area contributed by atoms with E-state index in [1.54, 1.807) is 6.92 Å². The van der Waals surface area contributed by atoms with E-state index in [2.05, 4.69) is 5.32 Å². The SMILES string of the molecule is CCCn1c(C(=O)Nc2ccc(F)cc2F)cc2cc(F)c(F)cc2c1=O. The zero-order valence-corrected chi connectivity index (χ0v) is 14.2. The average Bonchev–Trinajstić information content (AvgIpc) is 2.61. The zero-order chi connectivity index (χ0) is 19.7. The molecule has 0 saturated carbocycles. The van der Waals surface area contributed by atoms with Gasteiger partial charge in [-0.2, -0.15) is 0 Å². The van der Waals surface area contributed by atoms with Gasteiger partial charge in [-0.1, -0.05) is 6.92 Å². The third-order valence-electron chi connectivity index (χ3n) is 4.01. The summed E-state index contributed by atoms with van der Waals surface area (Å²) in [7, 11) is 0. The maximum atomic E-state index is 13.8. The summed E-state index contributed by atoms with van der Waals surface area (Å²) in [6, 6.07) is 5.44. The first-order chi connectivity index (χ1) is 12.8. The lowest BCUT2D eigenvalue weighted by Crippen LogP contribution is -2.29. The Morgan fingerprint density at radius 2 is 1.70 bits per heavy atom. The fraction of sp³-hybridized carbons (Fsp3) is 0.158. The highest BCUT2D eigenvalue weighted by Gasteiger charge is 2.18. The van der Waals surface area contributed by atoms with Crippen LogP contribution in [0.5, 0.6) is 0 Å². The summed E-state index contributed by atoms with van der Waals surface area (Å²) in [5, 5.41) is 2.22. The highest BCUT2D eigenvalue weighted by atomic mass is 19.2. The summed E-state index contributed by atoms with van der Waals surface area (Å²) in [6.07, 6.45) is 0.486. The summed E-state index contributed by atoms with van der Waals surface area (Å²) >= 11 is 0. The number of carbonyl (C=O) groups is 1. The van der Waals surface area contributed by atoms with Crippen LogP contribution in [0.2, 0.25) is 0 Å². The highest BCUT2D eigenvalue weighted by Crippen LogP contribution is 2.20. The van der Waals surface area contributed by atoms with Gasteiger partial charge in [0.2, 0.25) is 0 Å². The number of benzene rings is 2. The van der Waals surface area contributed by atoms with Crippen molar-refractivity contribution in [2.45, 2.75) is 19.9 Å². The van der Waals surface area contributed by atoms with E-state index in [1.165, 1.54) is 6.07 Å². The van der Waals surface area contributed by atoms with Crippen LogP contribution in [0.4, 0.5) is 23.2 Å². The summed E-state index contributed by atoms with van der Waals surface area (Å²) in [6.45, 7) is 1.91. The van der Waals surface area contributed by atoms with E-state index in [0.29, 0.717) is 12.5 Å². The molecule has 8 heteroatoms. The standard InChI is InChI=1S/C19H14F4N2O2/c1-2-5-25-17(18(26)24-16-4-3-11(20)8-15(16)23)7-10-6-13(21)14(22)9-12(10)19(25)27/h3-4,6-9H,2,5H2,1H3,(H,24,26). The van der Waals surface area contributed by atoms with Gasteiger partial charge in [0.25, 0.3) is 11.5 Å². The van der Waals surface area contributed by atoms with Crippen LogP contribution in [-0.2, 0) is 6.54 Å². The molecule has 0 spiro atoms. The summed E-state index contributed by atoms with van der Waals surface area (Å²) < 4.78 is 54.9. The second kappa shape index (κ2) is 7.22. The minimum Gasteiger partial charge on any atom is -0.318 e. The lowest BCUT2D eigenvalue weighted by molar-refractivity contribution is 0.101. The normalized spacial score (nSPS) is 11.0. The Hall–Kier alpha value is -3.16. The van der Waals surface area contributed by atoms with Gasteiger partial charge in [0, 0.05) is 12.6 Å². The van der Waals surface area contributed by atoms with E-state index in [1.807, 2.05) is 0 Å². The van der Waals surface area contributed by atoms with Crippen LogP contribution in [0.25, 0.3) is 10.8 Å². The molecule has 0 atom stereocenters. The zero-order valence-electron chi connectivity index (χ0n) is 14.2. The van der Waals surface area contributed by atoms with Crippen LogP contribution in [-0.4, -0.2) is 10.5 Å². The molecular formula is C19H14F4N2O2. The van der Waals surface area contributed by atoms with Crippen molar-refractivity contribution < 1.29 is 22.4 Å². The molecule has 0 unspecified atom stereocenters. The van der Waals surface area contributed by atoms with E-state index in [-0.39, 0.29) is 28.7 Å². The Kier molecular flexibility index (Phi) is 4.98. The van der Waals surface area contributed by atoms with Crippen molar-refractivity contribution >= 4 is 22.4 Å². The number of hydrogen-bond donors (Lipinski definition) is 1. The van der Waals surface area contributed by atoms with Gasteiger partial charge in [0.15, 0.2) is 11.6 Å². The van der Waals surface area contributed by atoms with Gasteiger partial charge in [-0.05, 0) is 42.1 Å². The number of amides is 1. The molecular weight excluding hydrogens is 364 g/mol. The maximum Gasteiger partial charge on any atom is 0.272 e. The van der Waals surface area contributed by atoms with Crippen molar-refractivity contribution in [2.24, 2.45) is 0 Å². The molecule has 2 aromatic carbocycles. The van der Waals surface area contributed by atoms with Gasteiger partial charge in [0.1, 0.15) is 17.3 Å². The van der Waals surface area contributed by atoms with Crippen molar-refractivity contribution in [3.8, 4) is 0 Å². The molecule has 1 N–H and O–H groups in total. The number of aromatic nitrogens is 1. The number of nitrogens with one attached hydrogen (secondary N) is 1. The molecule has 1 heterocycles. The Labute approximate surface area is 151 Å². The molecule has 0 fully saturated rings. The van der Waals surface area contributed by atoms with E-state index in [9.17, 15) is 27.2 Å². The molecule has 27 heavy (non-hydrogen) atoms. The lowest BCUT2D eigenvalue weighted by Gasteiger charge is -2.14. The third kappa shape index (κ3) is 3.55. The van der Waals surface area contributed by atoms with E-state index in [4.69, 9.17) is 0 Å². The fourth-order valence-electron chi connectivity index (χ4n) is 2.76. The number of anilines is 1. The van der Waals surface area contributed by atoms with Crippen molar-refractivity contribution in [3.63, 3.8) is 0 Å². The maximum absolute atomic E-state index is 13.8. The molecule has 140 valence electrons. The molecule has 3 rings (SSSR count). The van der Waals surface area contributed by atoms with Crippen LogP contribution in [0.15, 0.2) is 41.2 Å². The summed E-state index contributed by atoms with van der Waals surface area (Å²) in [5.41, 5.74) is -1.09. The Bertz CT molecular complexity index is 1110. The number of carbonyl (C=O) groups excluding carboxylic acids is 1. The summed E-state index contributed by atoms with van der Waals surface area (Å²) in [4.78, 5) is 25.2. The molecule has 1 amide bonds. The van der Waals surface area contributed by atoms with Crippen LogP contribution in [0.1, 0.15) is 23.8 Å². The number of nitrogens with zero attached hydrogens (tertiary/aromatic N) is 1. The number of rotatable bonds is 4. The molecule has 0 aliphatic rings. The van der Waals surface area contributed by atoms with Gasteiger partial charge < -0.3 is 9.88 Å². The van der Waals surface area contributed by atoms with Crippen LogP contribution >= 0.6 is 0 Å². The second-order valence-corrected chi connectivity index (χ2v) is 5.92. The fourth-order valence-corrected chi connectivity index (χ4v) is 2.76. The molecule has 0 aliphatic heterocycles. The number of pyridine rings is 1. The third-order valence-corrected chi connectivity index (χ3v) is 4.01. The number of halogens is 4. The molecule has 0 aliphatic carbocycles. The largest absolute Gasteiger partial charge is 0.318 e. The number of hydrogen-bond acceptors (Lipinski definition) is 2. The Morgan fingerprint density at radius 3 is 2.37 bits per heavy atom. The van der Waals surface area contributed by atoms with E-state index >= 15 is 0 Å². The predicted molar refractivity (Wildman–Crippen MR) is 92.7 cm³/mol. The topological polar surface area (TPSA) is 51.1 Å². The summed E-state index contributed by atoms with van der Waals surface area (Å²) in [5.74, 6) is -4.96. The molecule has 1 aromatic heterocycles. The molecule has 3 aromatic rings. The molecule has 0 radical (unpaired) electrons. The van der Waals surface area contributed by atoms with Crippen LogP contribution in [0, 0.1) is 23.3 Å².